The van der Waals surface area contributed by atoms with Crippen LogP contribution in [-0.4, -0.2) is 53.9 Å². The maximum absolute atomic E-state index is 13.7. The fraction of sp³-hybridized carbons (Fsp3) is 0.296. The molecule has 2 unspecified atom stereocenters. The van der Waals surface area contributed by atoms with E-state index in [1.165, 1.54) is 4.40 Å². The maximum atomic E-state index is 13.7. The first-order valence-corrected chi connectivity index (χ1v) is 13.8. The van der Waals surface area contributed by atoms with Gasteiger partial charge in [-0.05, 0) is 17.0 Å². The molecule has 2 aromatic carbocycles. The van der Waals surface area contributed by atoms with Crippen molar-refractivity contribution in [1.82, 2.24) is 23.9 Å². The summed E-state index contributed by atoms with van der Waals surface area (Å²) in [6.45, 7) is 4.23. The summed E-state index contributed by atoms with van der Waals surface area (Å²) in [7, 11) is -2.36. The predicted octanol–water partition coefficient (Wildman–Crippen LogP) is 4.16. The first kappa shape index (κ1) is 24.3. The lowest BCUT2D eigenvalue weighted by atomic mass is 10.0. The minimum Gasteiger partial charge on any atom is -0.385 e. The molecule has 0 bridgehead atoms. The number of aromatic amines is 1. The molecular formula is C27H25N5O6P+. The number of ether oxygens (including phenoxy) is 1. The SMILES string of the molecule is CC(C)c1ccc(-c2nc3c(=O)n4cc(-c5ccccc5)[nH]c4nc3n2[C@@H]2OC3CO[P+](=O)O[C@H]3[C@@H]2O)cc1. The number of aromatic nitrogens is 5. The highest BCUT2D eigenvalue weighted by atomic mass is 31.1. The van der Waals surface area contributed by atoms with Crippen molar-refractivity contribution < 1.29 is 23.5 Å². The van der Waals surface area contributed by atoms with Gasteiger partial charge in [0.1, 0.15) is 24.6 Å². The van der Waals surface area contributed by atoms with E-state index in [-0.39, 0.29) is 23.3 Å². The van der Waals surface area contributed by atoms with Gasteiger partial charge in [0.2, 0.25) is 5.78 Å². The van der Waals surface area contributed by atoms with E-state index in [0.29, 0.717) is 17.5 Å². The fourth-order valence-electron chi connectivity index (χ4n) is 5.22. The number of hydrogen-bond acceptors (Lipinski definition) is 8. The van der Waals surface area contributed by atoms with Crippen LogP contribution in [0, 0.1) is 0 Å². The lowest BCUT2D eigenvalue weighted by Crippen LogP contribution is -2.37. The van der Waals surface area contributed by atoms with Gasteiger partial charge in [0.25, 0.3) is 5.56 Å². The summed E-state index contributed by atoms with van der Waals surface area (Å²) in [5.74, 6) is 1.07. The first-order valence-electron chi connectivity index (χ1n) is 12.7. The monoisotopic (exact) mass is 546 g/mol. The summed E-state index contributed by atoms with van der Waals surface area (Å²) < 4.78 is 31.6. The van der Waals surface area contributed by atoms with E-state index in [9.17, 15) is 14.5 Å². The van der Waals surface area contributed by atoms with Crippen LogP contribution in [0.1, 0.15) is 31.6 Å². The van der Waals surface area contributed by atoms with E-state index in [4.69, 9.17) is 23.8 Å². The molecule has 2 aliphatic heterocycles. The van der Waals surface area contributed by atoms with Crippen molar-refractivity contribution in [3.05, 3.63) is 76.7 Å². The molecule has 0 aliphatic carbocycles. The van der Waals surface area contributed by atoms with Gasteiger partial charge in [0.05, 0.1) is 5.69 Å². The molecule has 0 spiro atoms. The van der Waals surface area contributed by atoms with E-state index in [1.807, 2.05) is 54.6 Å². The van der Waals surface area contributed by atoms with Gasteiger partial charge in [0.15, 0.2) is 23.5 Å². The summed E-state index contributed by atoms with van der Waals surface area (Å²) in [6, 6.07) is 17.5. The van der Waals surface area contributed by atoms with Crippen LogP contribution >= 0.6 is 8.25 Å². The molecular weight excluding hydrogens is 521 g/mol. The first-order chi connectivity index (χ1) is 18.9. The molecule has 5 heterocycles. The second kappa shape index (κ2) is 9.18. The van der Waals surface area contributed by atoms with Crippen LogP contribution < -0.4 is 5.56 Å². The molecule has 2 aliphatic rings. The highest BCUT2D eigenvalue weighted by Gasteiger charge is 2.55. The van der Waals surface area contributed by atoms with E-state index >= 15 is 0 Å². The van der Waals surface area contributed by atoms with Crippen molar-refractivity contribution in [1.29, 1.82) is 0 Å². The molecule has 12 heteroatoms. The second-order valence-corrected chi connectivity index (χ2v) is 11.0. The number of imidazole rings is 2. The molecule has 2 fully saturated rings. The van der Waals surface area contributed by atoms with Crippen molar-refractivity contribution in [3.63, 3.8) is 0 Å². The van der Waals surface area contributed by atoms with Gasteiger partial charge >= 0.3 is 8.25 Å². The molecule has 3 aromatic heterocycles. The summed E-state index contributed by atoms with van der Waals surface area (Å²) in [5.41, 5.74) is 3.52. The van der Waals surface area contributed by atoms with Crippen molar-refractivity contribution in [2.24, 2.45) is 0 Å². The summed E-state index contributed by atoms with van der Waals surface area (Å²) >= 11 is 0. The lowest BCUT2D eigenvalue weighted by Gasteiger charge is -2.19. The molecule has 5 aromatic rings. The number of H-pyrrole nitrogens is 1. The Morgan fingerprint density at radius 3 is 2.59 bits per heavy atom. The van der Waals surface area contributed by atoms with Gasteiger partial charge in [-0.2, -0.15) is 4.98 Å². The number of rotatable bonds is 4. The number of nitrogens with zero attached hydrogens (tertiary/aromatic N) is 4. The number of aliphatic hydroxyl groups excluding tert-OH is 1. The Morgan fingerprint density at radius 1 is 1.08 bits per heavy atom. The van der Waals surface area contributed by atoms with E-state index in [0.717, 1.165) is 22.4 Å². The molecule has 198 valence electrons. The number of aliphatic hydroxyl groups is 1. The van der Waals surface area contributed by atoms with Crippen LogP contribution in [0.5, 0.6) is 0 Å². The van der Waals surface area contributed by atoms with Crippen LogP contribution in [-0.2, 0) is 18.3 Å². The molecule has 11 nitrogen and oxygen atoms in total. The van der Waals surface area contributed by atoms with Crippen LogP contribution in [0.3, 0.4) is 0 Å². The van der Waals surface area contributed by atoms with Crippen molar-refractivity contribution >= 4 is 25.2 Å². The molecule has 0 amide bonds. The van der Waals surface area contributed by atoms with E-state index < -0.39 is 32.8 Å². The van der Waals surface area contributed by atoms with Crippen LogP contribution in [0.25, 0.3) is 39.6 Å². The minimum atomic E-state index is -2.36. The Bertz CT molecular complexity index is 1780. The highest BCUT2D eigenvalue weighted by Crippen LogP contribution is 2.44. The van der Waals surface area contributed by atoms with Crippen molar-refractivity contribution in [3.8, 4) is 22.6 Å². The van der Waals surface area contributed by atoms with Crippen LogP contribution in [0.2, 0.25) is 0 Å². The largest absolute Gasteiger partial charge is 0.697 e. The number of hydrogen-bond donors (Lipinski definition) is 2. The average molecular weight is 547 g/mol. The van der Waals surface area contributed by atoms with Crippen molar-refractivity contribution in [2.45, 2.75) is 44.3 Å². The normalized spacial score (nSPS) is 24.2. The quantitative estimate of drug-likeness (QED) is 0.321. The van der Waals surface area contributed by atoms with Gasteiger partial charge in [-0.15, -0.1) is 9.05 Å². The molecule has 39 heavy (non-hydrogen) atoms. The van der Waals surface area contributed by atoms with Crippen LogP contribution in [0.15, 0.2) is 65.6 Å². The number of fused-ring (bicyclic) bond motifs is 3. The fourth-order valence-corrected chi connectivity index (χ4v) is 6.00. The smallest absolute Gasteiger partial charge is 0.385 e. The third-order valence-corrected chi connectivity index (χ3v) is 8.06. The van der Waals surface area contributed by atoms with Gasteiger partial charge in [-0.25, -0.2) is 9.38 Å². The molecule has 7 rings (SSSR count). The van der Waals surface area contributed by atoms with Crippen LogP contribution in [0.4, 0.5) is 0 Å². The highest BCUT2D eigenvalue weighted by molar-refractivity contribution is 7.33. The van der Waals surface area contributed by atoms with Gasteiger partial charge in [-0.3, -0.25) is 9.36 Å². The standard InChI is InChI=1S/C27H24N5O6P/c1-14(2)15-8-10-17(11-9-15)23-29-20-24(32(23)26-21(33)22-19(37-26)13-36-39(35)38-22)30-27-28-18(12-31(27)25(20)34)16-6-4-3-5-7-16/h3-12,14,19,21-22,26,33H,13H2,1-2H3/p+1/t19?,21-,22+,26+/m0/s1. The minimum absolute atomic E-state index is 0.00980. The summed E-state index contributed by atoms with van der Waals surface area (Å²) in [5, 5.41) is 11.3. The molecule has 5 atom stereocenters. The summed E-state index contributed by atoms with van der Waals surface area (Å²) in [4.78, 5) is 26.4. The Kier molecular flexibility index (Phi) is 5.73. The Balaban J connectivity index is 1.44. The topological polar surface area (TPSA) is 133 Å². The molecule has 0 radical (unpaired) electrons. The zero-order valence-corrected chi connectivity index (χ0v) is 22.0. The Labute approximate surface area is 223 Å². The van der Waals surface area contributed by atoms with E-state index in [2.05, 4.69) is 18.8 Å². The lowest BCUT2D eigenvalue weighted by molar-refractivity contribution is -0.0546. The molecule has 2 saturated heterocycles. The summed E-state index contributed by atoms with van der Waals surface area (Å²) in [6.07, 6.45) is -2.01. The average Bonchev–Trinajstić information content (AvgIpc) is 3.63. The molecule has 2 N–H and O–H groups in total. The zero-order valence-electron chi connectivity index (χ0n) is 21.1. The Morgan fingerprint density at radius 2 is 1.85 bits per heavy atom. The Hall–Kier alpha value is -3.73. The number of nitrogens with one attached hydrogen (secondary N) is 1. The van der Waals surface area contributed by atoms with E-state index in [1.54, 1.807) is 10.8 Å². The number of benzene rings is 2. The second-order valence-electron chi connectivity index (χ2n) is 10.0. The van der Waals surface area contributed by atoms with Crippen molar-refractivity contribution in [2.75, 3.05) is 6.61 Å². The van der Waals surface area contributed by atoms with Gasteiger partial charge < -0.3 is 14.8 Å². The van der Waals surface area contributed by atoms with Gasteiger partial charge in [-0.1, -0.05) is 68.4 Å². The molecule has 0 saturated carbocycles. The van der Waals surface area contributed by atoms with Gasteiger partial charge in [0, 0.05) is 16.3 Å². The third kappa shape index (κ3) is 3.93. The third-order valence-electron chi connectivity index (χ3n) is 7.29. The maximum Gasteiger partial charge on any atom is 0.697 e. The predicted molar refractivity (Wildman–Crippen MR) is 142 cm³/mol. The zero-order chi connectivity index (χ0) is 26.8.